The first-order valence-electron chi connectivity index (χ1n) is 7.19. The molecule has 0 saturated carbocycles. The number of fused-ring (bicyclic) bond motifs is 1. The maximum absolute atomic E-state index is 12.2. The van der Waals surface area contributed by atoms with Crippen LogP contribution in [0.15, 0.2) is 18.5 Å². The van der Waals surface area contributed by atoms with Gasteiger partial charge in [-0.05, 0) is 43.5 Å². The first kappa shape index (κ1) is 14.6. The molecule has 1 amide bonds. The average Bonchev–Trinajstić information content (AvgIpc) is 2.79. The number of carbonyl (C=O) groups is 1. The highest BCUT2D eigenvalue weighted by molar-refractivity contribution is 5.81. The smallest absolute Gasteiger partial charge is 0.242 e. The number of aromatic nitrogens is 2. The second-order valence-electron chi connectivity index (χ2n) is 5.47. The van der Waals surface area contributed by atoms with Gasteiger partial charge in [0.2, 0.25) is 5.91 Å². The van der Waals surface area contributed by atoms with E-state index < -0.39 is 0 Å². The lowest BCUT2D eigenvalue weighted by molar-refractivity contribution is -0.130. The molecule has 0 spiro atoms. The van der Waals surface area contributed by atoms with Crippen molar-refractivity contribution < 1.29 is 4.79 Å². The summed E-state index contributed by atoms with van der Waals surface area (Å²) in [4.78, 5) is 18.4. The molecule has 0 aliphatic heterocycles. The second-order valence-corrected chi connectivity index (χ2v) is 5.47. The fourth-order valence-corrected chi connectivity index (χ4v) is 2.23. The van der Waals surface area contributed by atoms with E-state index >= 15 is 0 Å². The summed E-state index contributed by atoms with van der Waals surface area (Å²) in [6, 6.07) is 4.18. The van der Waals surface area contributed by atoms with Crippen LogP contribution in [-0.2, 0) is 11.3 Å². The monoisotopic (exact) mass is 273 g/mol. The Hall–Kier alpha value is -1.84. The van der Waals surface area contributed by atoms with E-state index in [9.17, 15) is 4.79 Å². The third kappa shape index (κ3) is 3.00. The molecule has 0 radical (unpaired) electrons. The Labute approximate surface area is 120 Å². The maximum Gasteiger partial charge on any atom is 0.242 e. The summed E-state index contributed by atoms with van der Waals surface area (Å²) in [5.41, 5.74) is 4.45. The van der Waals surface area contributed by atoms with Gasteiger partial charge >= 0.3 is 0 Å². The van der Waals surface area contributed by atoms with E-state index in [2.05, 4.69) is 37.9 Å². The quantitative estimate of drug-likeness (QED) is 0.840. The number of hydrogen-bond acceptors (Lipinski definition) is 2. The van der Waals surface area contributed by atoms with Crippen LogP contribution in [0.25, 0.3) is 11.0 Å². The predicted molar refractivity (Wildman–Crippen MR) is 81.8 cm³/mol. The van der Waals surface area contributed by atoms with E-state index in [1.165, 1.54) is 11.1 Å². The van der Waals surface area contributed by atoms with E-state index in [0.29, 0.717) is 6.54 Å². The molecule has 0 atom stereocenters. The molecule has 1 aromatic heterocycles. The van der Waals surface area contributed by atoms with Gasteiger partial charge in [-0.25, -0.2) is 4.98 Å². The number of unbranched alkanes of at least 4 members (excludes halogenated alkanes) is 1. The van der Waals surface area contributed by atoms with Crippen molar-refractivity contribution in [3.8, 4) is 0 Å². The molecule has 2 rings (SSSR count). The predicted octanol–water partition coefficient (Wildman–Crippen LogP) is 2.91. The van der Waals surface area contributed by atoms with E-state index in [1.54, 1.807) is 11.2 Å². The molecular formula is C16H23N3O. The molecule has 20 heavy (non-hydrogen) atoms. The van der Waals surface area contributed by atoms with Crippen molar-refractivity contribution in [2.75, 3.05) is 13.6 Å². The zero-order valence-electron chi connectivity index (χ0n) is 12.8. The van der Waals surface area contributed by atoms with Gasteiger partial charge in [0.05, 0.1) is 17.4 Å². The molecule has 1 heterocycles. The number of likely N-dealkylation sites (N-methyl/N-ethyl adjacent to an activating group) is 1. The molecule has 108 valence electrons. The number of aryl methyl sites for hydroxylation is 2. The number of carbonyl (C=O) groups excluding carboxylic acids is 1. The highest BCUT2D eigenvalue weighted by Gasteiger charge is 2.11. The van der Waals surface area contributed by atoms with Gasteiger partial charge in [-0.2, -0.15) is 0 Å². The second kappa shape index (κ2) is 6.07. The Balaban J connectivity index is 2.17. The molecule has 0 aliphatic rings. The van der Waals surface area contributed by atoms with Gasteiger partial charge in [-0.1, -0.05) is 13.3 Å². The minimum absolute atomic E-state index is 0.135. The van der Waals surface area contributed by atoms with E-state index in [1.807, 2.05) is 11.6 Å². The summed E-state index contributed by atoms with van der Waals surface area (Å²) >= 11 is 0. The SMILES string of the molecule is CCCCN(C)C(=O)Cn1cnc2cc(C)c(C)cc21. The van der Waals surface area contributed by atoms with Crippen LogP contribution < -0.4 is 0 Å². The summed E-state index contributed by atoms with van der Waals surface area (Å²) in [5.74, 6) is 0.135. The zero-order valence-corrected chi connectivity index (χ0v) is 12.8. The van der Waals surface area contributed by atoms with Gasteiger partial charge in [0.1, 0.15) is 6.54 Å². The van der Waals surface area contributed by atoms with Gasteiger partial charge in [0.25, 0.3) is 0 Å². The molecular weight excluding hydrogens is 250 g/mol. The molecule has 1 aromatic carbocycles. The minimum Gasteiger partial charge on any atom is -0.344 e. The molecule has 0 unspecified atom stereocenters. The topological polar surface area (TPSA) is 38.1 Å². The third-order valence-corrected chi connectivity index (χ3v) is 3.81. The summed E-state index contributed by atoms with van der Waals surface area (Å²) in [5, 5.41) is 0. The Morgan fingerprint density at radius 2 is 2.00 bits per heavy atom. The van der Waals surface area contributed by atoms with Gasteiger partial charge in [0, 0.05) is 13.6 Å². The lowest BCUT2D eigenvalue weighted by Crippen LogP contribution is -2.30. The standard InChI is InChI=1S/C16H23N3O/c1-5-6-7-18(4)16(20)10-19-11-17-14-8-12(2)13(3)9-15(14)19/h8-9,11H,5-7,10H2,1-4H3. The largest absolute Gasteiger partial charge is 0.344 e. The van der Waals surface area contributed by atoms with Crippen molar-refractivity contribution >= 4 is 16.9 Å². The van der Waals surface area contributed by atoms with Crippen LogP contribution in [0.1, 0.15) is 30.9 Å². The Bertz CT molecular complexity index is 615. The Morgan fingerprint density at radius 1 is 1.30 bits per heavy atom. The number of hydrogen-bond donors (Lipinski definition) is 0. The van der Waals surface area contributed by atoms with Crippen molar-refractivity contribution in [2.45, 2.75) is 40.2 Å². The van der Waals surface area contributed by atoms with Crippen molar-refractivity contribution in [2.24, 2.45) is 0 Å². The normalized spacial score (nSPS) is 11.0. The maximum atomic E-state index is 12.2. The average molecular weight is 273 g/mol. The van der Waals surface area contributed by atoms with Crippen LogP contribution in [0.2, 0.25) is 0 Å². The molecule has 0 saturated heterocycles. The fourth-order valence-electron chi connectivity index (χ4n) is 2.23. The van der Waals surface area contributed by atoms with Gasteiger partial charge < -0.3 is 9.47 Å². The molecule has 4 heteroatoms. The Morgan fingerprint density at radius 3 is 2.70 bits per heavy atom. The summed E-state index contributed by atoms with van der Waals surface area (Å²) in [6.45, 7) is 7.48. The summed E-state index contributed by atoms with van der Waals surface area (Å²) in [6.07, 6.45) is 3.91. The van der Waals surface area contributed by atoms with E-state index in [4.69, 9.17) is 0 Å². The van der Waals surface area contributed by atoms with Crippen LogP contribution in [-0.4, -0.2) is 34.0 Å². The van der Waals surface area contributed by atoms with Crippen molar-refractivity contribution in [3.05, 3.63) is 29.6 Å². The molecule has 4 nitrogen and oxygen atoms in total. The molecule has 0 N–H and O–H groups in total. The lowest BCUT2D eigenvalue weighted by atomic mass is 10.1. The number of rotatable bonds is 5. The molecule has 2 aromatic rings. The third-order valence-electron chi connectivity index (χ3n) is 3.81. The number of benzene rings is 1. The lowest BCUT2D eigenvalue weighted by Gasteiger charge is -2.17. The molecule has 0 aliphatic carbocycles. The molecule has 0 bridgehead atoms. The molecule has 0 fully saturated rings. The van der Waals surface area contributed by atoms with Gasteiger partial charge in [-0.3, -0.25) is 4.79 Å². The zero-order chi connectivity index (χ0) is 14.7. The summed E-state index contributed by atoms with van der Waals surface area (Å²) < 4.78 is 1.94. The fraction of sp³-hybridized carbons (Fsp3) is 0.500. The Kier molecular flexibility index (Phi) is 4.42. The van der Waals surface area contributed by atoms with E-state index in [0.717, 1.165) is 30.4 Å². The van der Waals surface area contributed by atoms with Gasteiger partial charge in [0.15, 0.2) is 0 Å². The number of imidazole rings is 1. The van der Waals surface area contributed by atoms with E-state index in [-0.39, 0.29) is 5.91 Å². The van der Waals surface area contributed by atoms with Gasteiger partial charge in [-0.15, -0.1) is 0 Å². The van der Waals surface area contributed by atoms with Crippen LogP contribution in [0.3, 0.4) is 0 Å². The number of nitrogens with zero attached hydrogens (tertiary/aromatic N) is 3. The van der Waals surface area contributed by atoms with Crippen LogP contribution in [0.4, 0.5) is 0 Å². The highest BCUT2D eigenvalue weighted by atomic mass is 16.2. The minimum atomic E-state index is 0.135. The van der Waals surface area contributed by atoms with Crippen LogP contribution in [0.5, 0.6) is 0 Å². The van der Waals surface area contributed by atoms with Crippen LogP contribution in [0, 0.1) is 13.8 Å². The van der Waals surface area contributed by atoms with Crippen molar-refractivity contribution in [1.29, 1.82) is 0 Å². The number of amides is 1. The van der Waals surface area contributed by atoms with Crippen molar-refractivity contribution in [3.63, 3.8) is 0 Å². The van der Waals surface area contributed by atoms with Crippen molar-refractivity contribution in [1.82, 2.24) is 14.5 Å². The highest BCUT2D eigenvalue weighted by Crippen LogP contribution is 2.18. The first-order chi connectivity index (χ1) is 9.52. The first-order valence-corrected chi connectivity index (χ1v) is 7.19. The van der Waals surface area contributed by atoms with Crippen LogP contribution >= 0.6 is 0 Å². The summed E-state index contributed by atoms with van der Waals surface area (Å²) in [7, 11) is 1.87.